The SMILES string of the molecule is Cc1ccc(Nc2ccc(C(=O)N3CCCCC3)nn2)c(C)c1. The van der Waals surface area contributed by atoms with E-state index < -0.39 is 0 Å². The number of carbonyl (C=O) groups excluding carboxylic acids is 1. The Kier molecular flexibility index (Phi) is 4.55. The van der Waals surface area contributed by atoms with E-state index in [-0.39, 0.29) is 5.91 Å². The van der Waals surface area contributed by atoms with E-state index in [4.69, 9.17) is 0 Å². The molecule has 0 atom stereocenters. The molecular formula is C18H22N4O. The predicted octanol–water partition coefficient (Wildman–Crippen LogP) is 3.46. The Hall–Kier alpha value is -2.43. The second-order valence-corrected chi connectivity index (χ2v) is 6.10. The number of aromatic nitrogens is 2. The summed E-state index contributed by atoms with van der Waals surface area (Å²) in [6, 6.07) is 9.75. The summed E-state index contributed by atoms with van der Waals surface area (Å²) >= 11 is 0. The molecule has 0 aliphatic carbocycles. The minimum absolute atomic E-state index is 0.0183. The summed E-state index contributed by atoms with van der Waals surface area (Å²) in [4.78, 5) is 14.2. The van der Waals surface area contributed by atoms with Gasteiger partial charge >= 0.3 is 0 Å². The monoisotopic (exact) mass is 310 g/mol. The molecule has 1 aliphatic heterocycles. The van der Waals surface area contributed by atoms with Gasteiger partial charge in [-0.15, -0.1) is 10.2 Å². The Morgan fingerprint density at radius 3 is 2.48 bits per heavy atom. The van der Waals surface area contributed by atoms with Gasteiger partial charge in [0.1, 0.15) is 0 Å². The molecule has 0 radical (unpaired) electrons. The lowest BCUT2D eigenvalue weighted by atomic mass is 10.1. The number of nitrogens with zero attached hydrogens (tertiary/aromatic N) is 3. The average Bonchev–Trinajstić information content (AvgIpc) is 2.58. The third kappa shape index (κ3) is 3.67. The number of amides is 1. The van der Waals surface area contributed by atoms with Gasteiger partial charge in [-0.2, -0.15) is 0 Å². The maximum atomic E-state index is 12.4. The average molecular weight is 310 g/mol. The molecule has 0 bridgehead atoms. The summed E-state index contributed by atoms with van der Waals surface area (Å²) in [5, 5.41) is 11.5. The fraction of sp³-hybridized carbons (Fsp3) is 0.389. The van der Waals surface area contributed by atoms with Crippen LogP contribution < -0.4 is 5.32 Å². The van der Waals surface area contributed by atoms with Gasteiger partial charge in [0.05, 0.1) is 0 Å². The number of hydrogen-bond donors (Lipinski definition) is 1. The van der Waals surface area contributed by atoms with Crippen molar-refractivity contribution in [3.63, 3.8) is 0 Å². The molecule has 2 heterocycles. The van der Waals surface area contributed by atoms with Crippen LogP contribution >= 0.6 is 0 Å². The van der Waals surface area contributed by atoms with Crippen molar-refractivity contribution >= 4 is 17.4 Å². The van der Waals surface area contributed by atoms with Crippen LogP contribution in [0.2, 0.25) is 0 Å². The standard InChI is InChI=1S/C18H22N4O/c1-13-6-7-15(14(2)12-13)19-17-9-8-16(20-21-17)18(23)22-10-4-3-5-11-22/h6-9,12H,3-5,10-11H2,1-2H3,(H,19,21). The molecule has 120 valence electrons. The van der Waals surface area contributed by atoms with Crippen LogP contribution in [0.3, 0.4) is 0 Å². The maximum Gasteiger partial charge on any atom is 0.274 e. The van der Waals surface area contributed by atoms with Gasteiger partial charge in [-0.25, -0.2) is 0 Å². The molecule has 1 amide bonds. The molecule has 0 saturated carbocycles. The van der Waals surface area contributed by atoms with Crippen molar-refractivity contribution in [2.75, 3.05) is 18.4 Å². The highest BCUT2D eigenvalue weighted by Gasteiger charge is 2.19. The molecule has 1 fully saturated rings. The predicted molar refractivity (Wildman–Crippen MR) is 91.0 cm³/mol. The van der Waals surface area contributed by atoms with Gasteiger partial charge in [0, 0.05) is 18.8 Å². The Labute approximate surface area is 136 Å². The van der Waals surface area contributed by atoms with E-state index in [0.29, 0.717) is 11.5 Å². The molecular weight excluding hydrogens is 288 g/mol. The van der Waals surface area contributed by atoms with Crippen LogP contribution in [0, 0.1) is 13.8 Å². The zero-order valence-corrected chi connectivity index (χ0v) is 13.7. The molecule has 1 saturated heterocycles. The normalized spacial score (nSPS) is 14.6. The number of likely N-dealkylation sites (tertiary alicyclic amines) is 1. The summed E-state index contributed by atoms with van der Waals surface area (Å²) in [7, 11) is 0. The third-order valence-corrected chi connectivity index (χ3v) is 4.17. The molecule has 1 aromatic heterocycles. The lowest BCUT2D eigenvalue weighted by molar-refractivity contribution is 0.0717. The van der Waals surface area contributed by atoms with Crippen molar-refractivity contribution < 1.29 is 4.79 Å². The molecule has 2 aromatic rings. The molecule has 3 rings (SSSR count). The second kappa shape index (κ2) is 6.77. The molecule has 5 nitrogen and oxygen atoms in total. The van der Waals surface area contributed by atoms with E-state index in [9.17, 15) is 4.79 Å². The van der Waals surface area contributed by atoms with Gasteiger partial charge in [-0.1, -0.05) is 17.7 Å². The van der Waals surface area contributed by atoms with Crippen molar-refractivity contribution in [1.82, 2.24) is 15.1 Å². The number of rotatable bonds is 3. The number of piperidine rings is 1. The topological polar surface area (TPSA) is 58.1 Å². The Bertz CT molecular complexity index is 691. The van der Waals surface area contributed by atoms with E-state index in [0.717, 1.165) is 37.2 Å². The van der Waals surface area contributed by atoms with Crippen LogP contribution in [0.4, 0.5) is 11.5 Å². The zero-order chi connectivity index (χ0) is 16.2. The molecule has 0 spiro atoms. The second-order valence-electron chi connectivity index (χ2n) is 6.10. The summed E-state index contributed by atoms with van der Waals surface area (Å²) in [6.45, 7) is 5.76. The summed E-state index contributed by atoms with van der Waals surface area (Å²) in [6.07, 6.45) is 3.35. The number of benzene rings is 1. The maximum absolute atomic E-state index is 12.4. The van der Waals surface area contributed by atoms with Gasteiger partial charge in [0.15, 0.2) is 11.5 Å². The van der Waals surface area contributed by atoms with Gasteiger partial charge in [-0.05, 0) is 56.9 Å². The number of nitrogens with one attached hydrogen (secondary N) is 1. The van der Waals surface area contributed by atoms with Gasteiger partial charge < -0.3 is 10.2 Å². The highest BCUT2D eigenvalue weighted by molar-refractivity contribution is 5.92. The van der Waals surface area contributed by atoms with E-state index in [1.165, 1.54) is 12.0 Å². The smallest absolute Gasteiger partial charge is 0.274 e. The minimum atomic E-state index is -0.0183. The first-order valence-electron chi connectivity index (χ1n) is 8.11. The van der Waals surface area contributed by atoms with Crippen LogP contribution in [0.1, 0.15) is 40.9 Å². The zero-order valence-electron chi connectivity index (χ0n) is 13.7. The molecule has 0 unspecified atom stereocenters. The number of anilines is 2. The van der Waals surface area contributed by atoms with Crippen molar-refractivity contribution in [3.05, 3.63) is 47.2 Å². The van der Waals surface area contributed by atoms with Crippen LogP contribution in [-0.2, 0) is 0 Å². The summed E-state index contributed by atoms with van der Waals surface area (Å²) < 4.78 is 0. The van der Waals surface area contributed by atoms with Crippen molar-refractivity contribution in [2.24, 2.45) is 0 Å². The van der Waals surface area contributed by atoms with Gasteiger partial charge in [-0.3, -0.25) is 4.79 Å². The molecule has 1 N–H and O–H groups in total. The number of carbonyl (C=O) groups is 1. The Morgan fingerprint density at radius 2 is 1.83 bits per heavy atom. The minimum Gasteiger partial charge on any atom is -0.339 e. The van der Waals surface area contributed by atoms with Crippen molar-refractivity contribution in [1.29, 1.82) is 0 Å². The lowest BCUT2D eigenvalue weighted by Crippen LogP contribution is -2.36. The van der Waals surface area contributed by atoms with Gasteiger partial charge in [0.25, 0.3) is 5.91 Å². The fourth-order valence-electron chi connectivity index (χ4n) is 2.86. The van der Waals surface area contributed by atoms with E-state index >= 15 is 0 Å². The summed E-state index contributed by atoms with van der Waals surface area (Å²) in [5.74, 6) is 0.627. The van der Waals surface area contributed by atoms with E-state index in [1.54, 1.807) is 6.07 Å². The molecule has 1 aliphatic rings. The first-order valence-corrected chi connectivity index (χ1v) is 8.11. The largest absolute Gasteiger partial charge is 0.339 e. The molecule has 5 heteroatoms. The van der Waals surface area contributed by atoms with Crippen molar-refractivity contribution in [2.45, 2.75) is 33.1 Å². The van der Waals surface area contributed by atoms with Crippen LogP contribution in [0.5, 0.6) is 0 Å². The van der Waals surface area contributed by atoms with Gasteiger partial charge in [0.2, 0.25) is 0 Å². The Balaban J connectivity index is 1.70. The number of hydrogen-bond acceptors (Lipinski definition) is 4. The fourth-order valence-corrected chi connectivity index (χ4v) is 2.86. The quantitative estimate of drug-likeness (QED) is 0.943. The van der Waals surface area contributed by atoms with Crippen LogP contribution in [0.25, 0.3) is 0 Å². The van der Waals surface area contributed by atoms with E-state index in [2.05, 4.69) is 41.5 Å². The van der Waals surface area contributed by atoms with Crippen LogP contribution in [0.15, 0.2) is 30.3 Å². The third-order valence-electron chi connectivity index (χ3n) is 4.17. The highest BCUT2D eigenvalue weighted by atomic mass is 16.2. The number of aryl methyl sites for hydroxylation is 2. The van der Waals surface area contributed by atoms with Crippen molar-refractivity contribution in [3.8, 4) is 0 Å². The molecule has 1 aromatic carbocycles. The highest BCUT2D eigenvalue weighted by Crippen LogP contribution is 2.20. The first kappa shape index (κ1) is 15.5. The first-order chi connectivity index (χ1) is 11.1. The van der Waals surface area contributed by atoms with E-state index in [1.807, 2.05) is 17.0 Å². The lowest BCUT2D eigenvalue weighted by Gasteiger charge is -2.26. The Morgan fingerprint density at radius 1 is 1.04 bits per heavy atom. The molecule has 23 heavy (non-hydrogen) atoms. The van der Waals surface area contributed by atoms with Crippen LogP contribution in [-0.4, -0.2) is 34.1 Å². The summed E-state index contributed by atoms with van der Waals surface area (Å²) in [5.41, 5.74) is 3.79.